The Bertz CT molecular complexity index is 311. The molecule has 7 nitrogen and oxygen atoms in total. The van der Waals surface area contributed by atoms with Gasteiger partial charge in [-0.15, -0.1) is 0 Å². The summed E-state index contributed by atoms with van der Waals surface area (Å²) in [5.41, 5.74) is 0. The van der Waals surface area contributed by atoms with E-state index in [1.165, 1.54) is 0 Å². The molecule has 1 aliphatic rings. The Labute approximate surface area is 105 Å². The van der Waals surface area contributed by atoms with E-state index in [2.05, 4.69) is 9.57 Å². The van der Waals surface area contributed by atoms with Gasteiger partial charge in [0.2, 0.25) is 0 Å². The zero-order chi connectivity index (χ0) is 13.5. The smallest absolute Gasteiger partial charge is 0.430 e. The van der Waals surface area contributed by atoms with E-state index in [0.717, 1.165) is 0 Å². The summed E-state index contributed by atoms with van der Waals surface area (Å²) in [6.45, 7) is 4.83. The number of carbonyl (C=O) groups is 3. The number of amides is 2. The average molecular weight is 259 g/mol. The van der Waals surface area contributed by atoms with Crippen LogP contribution in [0.2, 0.25) is 0 Å². The highest BCUT2D eigenvalue weighted by atomic mass is 16.8. The number of hydroxylamine groups is 2. The summed E-state index contributed by atoms with van der Waals surface area (Å²) < 4.78 is 9.83. The maximum Gasteiger partial charge on any atom is 0.534 e. The van der Waals surface area contributed by atoms with Crippen LogP contribution in [0, 0.1) is 5.92 Å². The lowest BCUT2D eigenvalue weighted by Crippen LogP contribution is -2.32. The van der Waals surface area contributed by atoms with Crippen molar-refractivity contribution in [1.29, 1.82) is 0 Å². The van der Waals surface area contributed by atoms with Crippen molar-refractivity contribution >= 4 is 18.0 Å². The van der Waals surface area contributed by atoms with Crippen LogP contribution in [0.5, 0.6) is 0 Å². The lowest BCUT2D eigenvalue weighted by Gasteiger charge is -2.12. The molecule has 0 N–H and O–H groups in total. The quantitative estimate of drug-likeness (QED) is 0.400. The molecular weight excluding hydrogens is 242 g/mol. The highest BCUT2D eigenvalue weighted by Gasteiger charge is 2.33. The molecule has 0 saturated carbocycles. The molecule has 1 rings (SSSR count). The van der Waals surface area contributed by atoms with Crippen LogP contribution in [0.3, 0.4) is 0 Å². The first-order valence-electron chi connectivity index (χ1n) is 5.79. The fourth-order valence-corrected chi connectivity index (χ4v) is 1.26. The molecule has 0 spiro atoms. The molecule has 1 fully saturated rings. The molecule has 1 aliphatic heterocycles. The van der Waals surface area contributed by atoms with Gasteiger partial charge in [0.05, 0.1) is 6.61 Å². The summed E-state index contributed by atoms with van der Waals surface area (Å²) in [5, 5.41) is 0.442. The van der Waals surface area contributed by atoms with E-state index < -0.39 is 18.0 Å². The van der Waals surface area contributed by atoms with Crippen molar-refractivity contribution in [3.63, 3.8) is 0 Å². The van der Waals surface area contributed by atoms with Gasteiger partial charge in [0.15, 0.2) is 0 Å². The summed E-state index contributed by atoms with van der Waals surface area (Å²) in [4.78, 5) is 37.9. The number of hydrogen-bond donors (Lipinski definition) is 0. The predicted molar refractivity (Wildman–Crippen MR) is 59.2 cm³/mol. The van der Waals surface area contributed by atoms with Crippen molar-refractivity contribution in [2.45, 2.75) is 26.7 Å². The van der Waals surface area contributed by atoms with Gasteiger partial charge in [-0.3, -0.25) is 14.4 Å². The fourth-order valence-electron chi connectivity index (χ4n) is 1.26. The van der Waals surface area contributed by atoms with Gasteiger partial charge in [-0.05, 0) is 5.92 Å². The fraction of sp³-hybridized carbons (Fsp3) is 0.727. The van der Waals surface area contributed by atoms with E-state index in [0.29, 0.717) is 17.6 Å². The van der Waals surface area contributed by atoms with Crippen LogP contribution in [0.15, 0.2) is 0 Å². The maximum atomic E-state index is 11.1. The van der Waals surface area contributed by atoms with Crippen LogP contribution in [-0.4, -0.2) is 42.9 Å². The van der Waals surface area contributed by atoms with Crippen LogP contribution in [0.1, 0.15) is 26.7 Å². The van der Waals surface area contributed by atoms with Crippen molar-refractivity contribution in [2.75, 3.05) is 19.8 Å². The second-order valence-electron chi connectivity index (χ2n) is 4.24. The van der Waals surface area contributed by atoms with E-state index in [1.807, 2.05) is 13.8 Å². The standard InChI is InChI=1S/C11H17NO6/c1-8(2)7-16-5-6-17-11(15)18-12-9(13)3-4-10(12)14/h8H,3-7H2,1-2H3. The molecule has 102 valence electrons. The minimum absolute atomic E-state index is 0.0156. The molecule has 1 heterocycles. The van der Waals surface area contributed by atoms with Crippen molar-refractivity contribution in [3.05, 3.63) is 0 Å². The second kappa shape index (κ2) is 6.95. The molecule has 1 saturated heterocycles. The van der Waals surface area contributed by atoms with E-state index >= 15 is 0 Å². The third-order valence-corrected chi connectivity index (χ3v) is 2.07. The van der Waals surface area contributed by atoms with Crippen molar-refractivity contribution in [1.82, 2.24) is 5.06 Å². The Morgan fingerprint density at radius 3 is 2.39 bits per heavy atom. The van der Waals surface area contributed by atoms with Crippen LogP contribution in [0.4, 0.5) is 4.79 Å². The number of rotatable bonds is 6. The number of carbonyl (C=O) groups excluding carboxylic acids is 3. The highest BCUT2D eigenvalue weighted by molar-refractivity contribution is 6.01. The topological polar surface area (TPSA) is 82.1 Å². The van der Waals surface area contributed by atoms with Crippen molar-refractivity contribution < 1.29 is 28.7 Å². The van der Waals surface area contributed by atoms with Gasteiger partial charge in [0.25, 0.3) is 11.8 Å². The zero-order valence-corrected chi connectivity index (χ0v) is 10.5. The molecule has 0 bridgehead atoms. The molecule has 0 atom stereocenters. The summed E-state index contributed by atoms with van der Waals surface area (Å²) >= 11 is 0. The monoisotopic (exact) mass is 259 g/mol. The summed E-state index contributed by atoms with van der Waals surface area (Å²) in [6.07, 6.45) is -0.959. The Balaban J connectivity index is 2.14. The van der Waals surface area contributed by atoms with E-state index in [-0.39, 0.29) is 26.1 Å². The summed E-state index contributed by atoms with van der Waals surface area (Å²) in [5.74, 6) is -0.669. The summed E-state index contributed by atoms with van der Waals surface area (Å²) in [6, 6.07) is 0. The molecule has 0 aromatic heterocycles. The van der Waals surface area contributed by atoms with E-state index in [4.69, 9.17) is 4.74 Å². The largest absolute Gasteiger partial charge is 0.534 e. The van der Waals surface area contributed by atoms with Gasteiger partial charge in [0, 0.05) is 19.4 Å². The molecule has 2 amide bonds. The number of nitrogens with zero attached hydrogens (tertiary/aromatic N) is 1. The third kappa shape index (κ3) is 4.70. The predicted octanol–water partition coefficient (Wildman–Crippen LogP) is 0.876. The van der Waals surface area contributed by atoms with Gasteiger partial charge in [-0.25, -0.2) is 4.79 Å². The van der Waals surface area contributed by atoms with E-state index in [9.17, 15) is 14.4 Å². The van der Waals surface area contributed by atoms with Gasteiger partial charge in [-0.2, -0.15) is 0 Å². The maximum absolute atomic E-state index is 11.1. The Morgan fingerprint density at radius 2 is 1.83 bits per heavy atom. The van der Waals surface area contributed by atoms with Crippen LogP contribution >= 0.6 is 0 Å². The lowest BCUT2D eigenvalue weighted by atomic mass is 10.2. The molecule has 0 aromatic rings. The van der Waals surface area contributed by atoms with Gasteiger partial charge < -0.3 is 9.47 Å². The molecule has 0 unspecified atom stereocenters. The van der Waals surface area contributed by atoms with E-state index in [1.54, 1.807) is 0 Å². The Kier molecular flexibility index (Phi) is 5.57. The minimum atomic E-state index is -1.08. The third-order valence-electron chi connectivity index (χ3n) is 2.07. The highest BCUT2D eigenvalue weighted by Crippen LogP contribution is 2.12. The second-order valence-corrected chi connectivity index (χ2v) is 4.24. The number of imide groups is 1. The molecule has 18 heavy (non-hydrogen) atoms. The molecule has 0 aliphatic carbocycles. The van der Waals surface area contributed by atoms with Gasteiger partial charge >= 0.3 is 6.16 Å². The van der Waals surface area contributed by atoms with Crippen LogP contribution in [0.25, 0.3) is 0 Å². The first kappa shape index (κ1) is 14.4. The minimum Gasteiger partial charge on any atom is -0.430 e. The van der Waals surface area contributed by atoms with Crippen LogP contribution in [-0.2, 0) is 23.9 Å². The van der Waals surface area contributed by atoms with Gasteiger partial charge in [-0.1, -0.05) is 18.9 Å². The van der Waals surface area contributed by atoms with Crippen LogP contribution < -0.4 is 0 Å². The normalized spacial score (nSPS) is 15.4. The van der Waals surface area contributed by atoms with Gasteiger partial charge in [0.1, 0.15) is 6.61 Å². The zero-order valence-electron chi connectivity index (χ0n) is 10.5. The number of ether oxygens (including phenoxy) is 2. The Hall–Kier alpha value is -1.63. The molecule has 0 radical (unpaired) electrons. The average Bonchev–Trinajstić information content (AvgIpc) is 2.60. The SMILES string of the molecule is CC(C)COCCOC(=O)ON1C(=O)CCC1=O. The molecule has 0 aromatic carbocycles. The lowest BCUT2D eigenvalue weighted by molar-refractivity contribution is -0.177. The Morgan fingerprint density at radius 1 is 1.22 bits per heavy atom. The summed E-state index contributed by atoms with van der Waals surface area (Å²) in [7, 11) is 0. The van der Waals surface area contributed by atoms with Crippen molar-refractivity contribution in [3.8, 4) is 0 Å². The number of hydrogen-bond acceptors (Lipinski definition) is 6. The molecule has 7 heteroatoms. The first-order valence-corrected chi connectivity index (χ1v) is 5.79. The molecular formula is C11H17NO6. The first-order chi connectivity index (χ1) is 8.50. The van der Waals surface area contributed by atoms with Crippen molar-refractivity contribution in [2.24, 2.45) is 5.92 Å².